The number of aromatic hydroxyl groups is 1. The van der Waals surface area contributed by atoms with Crippen molar-refractivity contribution in [2.24, 2.45) is 4.99 Å². The molecule has 0 unspecified atom stereocenters. The first-order chi connectivity index (χ1) is 12.7. The number of pyridine rings is 1. The van der Waals surface area contributed by atoms with Crippen LogP contribution in [0.5, 0.6) is 11.7 Å². The number of nitrogens with zero attached hydrogens (tertiary/aromatic N) is 3. The number of unbranched alkanes of at least 4 members (excludes halogenated alkanes) is 1. The zero-order valence-electron chi connectivity index (χ0n) is 14.2. The van der Waals surface area contributed by atoms with Gasteiger partial charge in [0.2, 0.25) is 5.89 Å². The summed E-state index contributed by atoms with van der Waals surface area (Å²) in [7, 11) is 0. The lowest BCUT2D eigenvalue weighted by Crippen LogP contribution is -1.95. The molecule has 134 valence electrons. The summed E-state index contributed by atoms with van der Waals surface area (Å²) in [6.07, 6.45) is 5.05. The molecule has 0 aliphatic rings. The van der Waals surface area contributed by atoms with Crippen molar-refractivity contribution in [1.82, 2.24) is 9.97 Å². The van der Waals surface area contributed by atoms with E-state index in [0.29, 0.717) is 18.2 Å². The van der Waals surface area contributed by atoms with E-state index in [4.69, 9.17) is 20.8 Å². The van der Waals surface area contributed by atoms with Crippen LogP contribution >= 0.6 is 11.6 Å². The van der Waals surface area contributed by atoms with Crippen LogP contribution in [-0.2, 0) is 0 Å². The molecule has 0 aliphatic carbocycles. The second-order valence-corrected chi connectivity index (χ2v) is 5.87. The maximum Gasteiger partial charge on any atom is 0.312 e. The van der Waals surface area contributed by atoms with Gasteiger partial charge in [0.15, 0.2) is 10.8 Å². The first-order valence-corrected chi connectivity index (χ1v) is 8.62. The van der Waals surface area contributed by atoms with Crippen molar-refractivity contribution < 1.29 is 14.3 Å². The number of benzene rings is 1. The van der Waals surface area contributed by atoms with Crippen LogP contribution in [0.3, 0.4) is 0 Å². The Morgan fingerprint density at radius 1 is 1.27 bits per heavy atom. The van der Waals surface area contributed by atoms with E-state index in [0.717, 1.165) is 24.2 Å². The summed E-state index contributed by atoms with van der Waals surface area (Å²) in [6, 6.07) is 10.8. The Kier molecular flexibility index (Phi) is 5.86. The molecule has 26 heavy (non-hydrogen) atoms. The highest BCUT2D eigenvalue weighted by atomic mass is 35.5. The highest BCUT2D eigenvalue weighted by molar-refractivity contribution is 6.31. The van der Waals surface area contributed by atoms with Crippen molar-refractivity contribution in [3.05, 3.63) is 53.4 Å². The van der Waals surface area contributed by atoms with Gasteiger partial charge in [-0.3, -0.25) is 4.99 Å². The zero-order valence-corrected chi connectivity index (χ0v) is 15.0. The molecule has 2 aromatic heterocycles. The van der Waals surface area contributed by atoms with Gasteiger partial charge in [0.05, 0.1) is 12.8 Å². The van der Waals surface area contributed by atoms with E-state index in [9.17, 15) is 5.11 Å². The van der Waals surface area contributed by atoms with E-state index < -0.39 is 0 Å². The molecule has 0 spiro atoms. The third-order valence-electron chi connectivity index (χ3n) is 3.57. The summed E-state index contributed by atoms with van der Waals surface area (Å²) in [5.74, 6) is 0.763. The minimum atomic E-state index is -0.313. The molecule has 2 heterocycles. The fourth-order valence-corrected chi connectivity index (χ4v) is 2.33. The van der Waals surface area contributed by atoms with Crippen LogP contribution in [0.2, 0.25) is 5.15 Å². The van der Waals surface area contributed by atoms with E-state index in [1.807, 2.05) is 24.3 Å². The molecule has 0 fully saturated rings. The third kappa shape index (κ3) is 4.40. The molecule has 0 atom stereocenters. The first-order valence-electron chi connectivity index (χ1n) is 8.25. The standard InChI is InChI=1S/C19H18ClN3O3/c1-2-3-11-25-14-8-6-13(7-9-14)18-23-16(19(24)26-18)12-22-15-5-4-10-21-17(15)20/h4-10,12,24H,2-3,11H2,1H3. The van der Waals surface area contributed by atoms with E-state index in [1.54, 1.807) is 18.3 Å². The van der Waals surface area contributed by atoms with Crippen molar-refractivity contribution in [3.63, 3.8) is 0 Å². The molecule has 0 radical (unpaired) electrons. The lowest BCUT2D eigenvalue weighted by molar-refractivity contribution is 0.309. The summed E-state index contributed by atoms with van der Waals surface area (Å²) >= 11 is 5.95. The number of hydrogen-bond acceptors (Lipinski definition) is 6. The van der Waals surface area contributed by atoms with Gasteiger partial charge in [0.1, 0.15) is 11.4 Å². The lowest BCUT2D eigenvalue weighted by Gasteiger charge is -2.05. The molecule has 7 heteroatoms. The zero-order chi connectivity index (χ0) is 18.4. The smallest absolute Gasteiger partial charge is 0.312 e. The summed E-state index contributed by atoms with van der Waals surface area (Å²) < 4.78 is 10.9. The quantitative estimate of drug-likeness (QED) is 0.358. The number of aliphatic imine (C=N–C) groups is 1. The Bertz CT molecular complexity index is 891. The van der Waals surface area contributed by atoms with Crippen LogP contribution in [0.1, 0.15) is 25.5 Å². The molecule has 0 saturated heterocycles. The second kappa shape index (κ2) is 8.49. The molecule has 0 amide bonds. The van der Waals surface area contributed by atoms with Gasteiger partial charge in [-0.2, -0.15) is 0 Å². The normalized spacial score (nSPS) is 11.2. The van der Waals surface area contributed by atoms with Gasteiger partial charge in [0.25, 0.3) is 0 Å². The average molecular weight is 372 g/mol. The van der Waals surface area contributed by atoms with Crippen LogP contribution < -0.4 is 4.74 Å². The molecule has 0 bridgehead atoms. The van der Waals surface area contributed by atoms with Crippen molar-refractivity contribution in [3.8, 4) is 23.1 Å². The highest BCUT2D eigenvalue weighted by Gasteiger charge is 2.12. The highest BCUT2D eigenvalue weighted by Crippen LogP contribution is 2.28. The van der Waals surface area contributed by atoms with Crippen LogP contribution in [0.15, 0.2) is 52.0 Å². The molecule has 3 aromatic rings. The number of halogens is 1. The molecule has 6 nitrogen and oxygen atoms in total. The van der Waals surface area contributed by atoms with Crippen molar-refractivity contribution in [1.29, 1.82) is 0 Å². The Labute approximate surface area is 156 Å². The predicted molar refractivity (Wildman–Crippen MR) is 101 cm³/mol. The molecule has 1 N–H and O–H groups in total. The molecule has 1 aromatic carbocycles. The number of oxazole rings is 1. The number of hydrogen-bond donors (Lipinski definition) is 1. The van der Waals surface area contributed by atoms with E-state index in [-0.39, 0.29) is 16.8 Å². The third-order valence-corrected chi connectivity index (χ3v) is 3.86. The van der Waals surface area contributed by atoms with Crippen LogP contribution in [0.25, 0.3) is 11.5 Å². The SMILES string of the molecule is CCCCOc1ccc(-c2nc(C=Nc3cccnc3Cl)c(O)o2)cc1. The van der Waals surface area contributed by atoms with Gasteiger partial charge in [-0.1, -0.05) is 24.9 Å². The topological polar surface area (TPSA) is 80.7 Å². The molecular weight excluding hydrogens is 354 g/mol. The van der Waals surface area contributed by atoms with Crippen LogP contribution in [0, 0.1) is 0 Å². The number of rotatable bonds is 7. The predicted octanol–water partition coefficient (Wildman–Crippen LogP) is 5.03. The Balaban J connectivity index is 1.74. The number of aromatic nitrogens is 2. The van der Waals surface area contributed by atoms with E-state index in [2.05, 4.69) is 21.9 Å². The van der Waals surface area contributed by atoms with Crippen molar-refractivity contribution in [2.75, 3.05) is 6.61 Å². The van der Waals surface area contributed by atoms with Gasteiger partial charge in [-0.25, -0.2) is 9.97 Å². The Hall–Kier alpha value is -2.86. The molecular formula is C19H18ClN3O3. The summed E-state index contributed by atoms with van der Waals surface area (Å²) in [6.45, 7) is 2.80. The summed E-state index contributed by atoms with van der Waals surface area (Å²) in [5, 5.41) is 10.2. The molecule has 0 aliphatic heterocycles. The van der Waals surface area contributed by atoms with Gasteiger partial charge in [-0.05, 0) is 42.8 Å². The van der Waals surface area contributed by atoms with Gasteiger partial charge in [-0.15, -0.1) is 0 Å². The fraction of sp³-hybridized carbons (Fsp3) is 0.211. The average Bonchev–Trinajstić information content (AvgIpc) is 3.03. The largest absolute Gasteiger partial charge is 0.494 e. The van der Waals surface area contributed by atoms with Gasteiger partial charge in [0, 0.05) is 11.8 Å². The molecule has 3 rings (SSSR count). The maximum absolute atomic E-state index is 9.94. The summed E-state index contributed by atoms with van der Waals surface area (Å²) in [5.41, 5.74) is 1.41. The van der Waals surface area contributed by atoms with Gasteiger partial charge >= 0.3 is 5.95 Å². The Morgan fingerprint density at radius 3 is 2.81 bits per heavy atom. The van der Waals surface area contributed by atoms with Crippen molar-refractivity contribution >= 4 is 23.5 Å². The monoisotopic (exact) mass is 371 g/mol. The Morgan fingerprint density at radius 2 is 2.08 bits per heavy atom. The van der Waals surface area contributed by atoms with Crippen LogP contribution in [-0.4, -0.2) is 27.9 Å². The van der Waals surface area contributed by atoms with Crippen LogP contribution in [0.4, 0.5) is 5.69 Å². The second-order valence-electron chi connectivity index (χ2n) is 5.51. The first kappa shape index (κ1) is 17.9. The minimum absolute atomic E-state index is 0.211. The van der Waals surface area contributed by atoms with Crippen molar-refractivity contribution in [2.45, 2.75) is 19.8 Å². The van der Waals surface area contributed by atoms with E-state index in [1.165, 1.54) is 6.21 Å². The minimum Gasteiger partial charge on any atom is -0.494 e. The summed E-state index contributed by atoms with van der Waals surface area (Å²) in [4.78, 5) is 12.4. The fourth-order valence-electron chi connectivity index (χ4n) is 2.16. The van der Waals surface area contributed by atoms with Gasteiger partial charge < -0.3 is 14.3 Å². The maximum atomic E-state index is 9.94. The number of ether oxygens (including phenoxy) is 1. The molecule has 0 saturated carbocycles. The lowest BCUT2D eigenvalue weighted by atomic mass is 10.2. The van der Waals surface area contributed by atoms with E-state index >= 15 is 0 Å².